The highest BCUT2D eigenvalue weighted by Gasteiger charge is 2.31. The van der Waals surface area contributed by atoms with Crippen LogP contribution in [0.2, 0.25) is 0 Å². The Bertz CT molecular complexity index is 769. The van der Waals surface area contributed by atoms with Crippen molar-refractivity contribution in [1.29, 1.82) is 0 Å². The number of ether oxygens (including phenoxy) is 1. The molecule has 3 amide bonds. The highest BCUT2D eigenvalue weighted by atomic mass is 19.3. The van der Waals surface area contributed by atoms with Gasteiger partial charge in [0.25, 0.3) is 0 Å². The molecule has 3 rings (SSSR count). The molecule has 0 aromatic heterocycles. The van der Waals surface area contributed by atoms with E-state index < -0.39 is 12.6 Å². The molecule has 2 N–H and O–H groups in total. The average molecular weight is 361 g/mol. The topological polar surface area (TPSA) is 70.7 Å². The molecule has 0 saturated carbocycles. The smallest absolute Gasteiger partial charge is 0.387 e. The number of nitrogens with one attached hydrogen (secondary N) is 2. The Morgan fingerprint density at radius 3 is 2.46 bits per heavy atom. The first kappa shape index (κ1) is 17.7. The first-order valence-electron chi connectivity index (χ1n) is 7.99. The summed E-state index contributed by atoms with van der Waals surface area (Å²) in [6.45, 7) is -2.51. The van der Waals surface area contributed by atoms with Crippen LogP contribution < -0.4 is 20.3 Å². The minimum atomic E-state index is -2.90. The molecular weight excluding hydrogens is 344 g/mol. The van der Waals surface area contributed by atoms with Gasteiger partial charge in [0, 0.05) is 24.3 Å². The number of para-hydroxylation sites is 1. The van der Waals surface area contributed by atoms with Crippen LogP contribution in [0.3, 0.4) is 0 Å². The lowest BCUT2D eigenvalue weighted by molar-refractivity contribution is -0.117. The third-order valence-electron chi connectivity index (χ3n) is 3.87. The second-order valence-electron chi connectivity index (χ2n) is 5.74. The Labute approximate surface area is 148 Å². The zero-order valence-electron chi connectivity index (χ0n) is 13.7. The van der Waals surface area contributed by atoms with Gasteiger partial charge in [-0.05, 0) is 36.4 Å². The standard InChI is InChI=1S/C18H17F2N3O3/c19-17(20)26-15-8-6-12(7-9-15)21-18(25)22-13-10-16(24)23(11-13)14-4-2-1-3-5-14/h1-9,13,17H,10-11H2,(H2,21,22,25). The maximum Gasteiger partial charge on any atom is 0.387 e. The maximum atomic E-state index is 12.1. The van der Waals surface area contributed by atoms with Crippen LogP contribution in [-0.2, 0) is 4.79 Å². The fourth-order valence-corrected chi connectivity index (χ4v) is 2.73. The third-order valence-corrected chi connectivity index (χ3v) is 3.87. The Morgan fingerprint density at radius 1 is 1.12 bits per heavy atom. The largest absolute Gasteiger partial charge is 0.435 e. The van der Waals surface area contributed by atoms with Crippen LogP contribution in [-0.4, -0.2) is 31.1 Å². The molecule has 1 atom stereocenters. The fourth-order valence-electron chi connectivity index (χ4n) is 2.73. The molecule has 1 aliphatic heterocycles. The molecule has 1 unspecified atom stereocenters. The van der Waals surface area contributed by atoms with Gasteiger partial charge in [0.2, 0.25) is 5.91 Å². The van der Waals surface area contributed by atoms with E-state index >= 15 is 0 Å². The summed E-state index contributed by atoms with van der Waals surface area (Å²) in [5.74, 6) is -0.0548. The first-order valence-corrected chi connectivity index (χ1v) is 7.99. The molecule has 1 fully saturated rings. The third kappa shape index (κ3) is 4.47. The summed E-state index contributed by atoms with van der Waals surface area (Å²) < 4.78 is 28.5. The van der Waals surface area contributed by atoms with Gasteiger partial charge < -0.3 is 20.3 Å². The number of hydrogen-bond acceptors (Lipinski definition) is 3. The van der Waals surface area contributed by atoms with E-state index in [0.29, 0.717) is 12.2 Å². The highest BCUT2D eigenvalue weighted by molar-refractivity contribution is 5.97. The van der Waals surface area contributed by atoms with Gasteiger partial charge in [-0.3, -0.25) is 4.79 Å². The number of hydrogen-bond donors (Lipinski definition) is 2. The molecule has 6 nitrogen and oxygen atoms in total. The van der Waals surface area contributed by atoms with Gasteiger partial charge in [0.05, 0.1) is 6.04 Å². The molecule has 136 valence electrons. The van der Waals surface area contributed by atoms with Crippen LogP contribution in [0.5, 0.6) is 5.75 Å². The molecule has 1 heterocycles. The second kappa shape index (κ2) is 7.81. The van der Waals surface area contributed by atoms with Crippen LogP contribution in [0, 0.1) is 0 Å². The van der Waals surface area contributed by atoms with Crippen LogP contribution in [0.25, 0.3) is 0 Å². The predicted molar refractivity (Wildman–Crippen MR) is 92.4 cm³/mol. The highest BCUT2D eigenvalue weighted by Crippen LogP contribution is 2.21. The van der Waals surface area contributed by atoms with E-state index in [4.69, 9.17) is 0 Å². The number of alkyl halides is 2. The van der Waals surface area contributed by atoms with Crippen molar-refractivity contribution in [2.24, 2.45) is 0 Å². The van der Waals surface area contributed by atoms with Crippen molar-refractivity contribution in [1.82, 2.24) is 5.32 Å². The summed E-state index contributed by atoms with van der Waals surface area (Å²) in [4.78, 5) is 25.8. The quantitative estimate of drug-likeness (QED) is 0.859. The summed E-state index contributed by atoms with van der Waals surface area (Å²) in [7, 11) is 0. The molecule has 8 heteroatoms. The normalized spacial score (nSPS) is 16.7. The minimum absolute atomic E-state index is 0.00542. The van der Waals surface area contributed by atoms with Crippen molar-refractivity contribution in [2.75, 3.05) is 16.8 Å². The summed E-state index contributed by atoms with van der Waals surface area (Å²) in [6, 6.07) is 14.0. The monoisotopic (exact) mass is 361 g/mol. The first-order chi connectivity index (χ1) is 12.5. The lowest BCUT2D eigenvalue weighted by atomic mass is 10.2. The van der Waals surface area contributed by atoms with E-state index in [9.17, 15) is 18.4 Å². The van der Waals surface area contributed by atoms with Gasteiger partial charge >= 0.3 is 12.6 Å². The number of rotatable bonds is 5. The Hall–Kier alpha value is -3.16. The number of carbonyl (C=O) groups is 2. The van der Waals surface area contributed by atoms with Gasteiger partial charge in [0.15, 0.2) is 0 Å². The van der Waals surface area contributed by atoms with Crippen molar-refractivity contribution >= 4 is 23.3 Å². The molecule has 2 aromatic rings. The molecule has 2 aromatic carbocycles. The minimum Gasteiger partial charge on any atom is -0.435 e. The Kier molecular flexibility index (Phi) is 5.31. The van der Waals surface area contributed by atoms with Crippen LogP contribution in [0.15, 0.2) is 54.6 Å². The van der Waals surface area contributed by atoms with Gasteiger partial charge in [-0.15, -0.1) is 0 Å². The zero-order chi connectivity index (χ0) is 18.5. The Balaban J connectivity index is 1.53. The van der Waals surface area contributed by atoms with E-state index in [1.807, 2.05) is 30.3 Å². The van der Waals surface area contributed by atoms with Crippen LogP contribution >= 0.6 is 0 Å². The van der Waals surface area contributed by atoms with Gasteiger partial charge in [-0.25, -0.2) is 4.79 Å². The van der Waals surface area contributed by atoms with Crippen molar-refractivity contribution in [3.05, 3.63) is 54.6 Å². The number of anilines is 2. The number of halogens is 2. The van der Waals surface area contributed by atoms with Crippen LogP contribution in [0.1, 0.15) is 6.42 Å². The van der Waals surface area contributed by atoms with E-state index in [-0.39, 0.29) is 24.1 Å². The lowest BCUT2D eigenvalue weighted by Crippen LogP contribution is -2.39. The van der Waals surface area contributed by atoms with Gasteiger partial charge in [-0.1, -0.05) is 18.2 Å². The summed E-state index contributed by atoms with van der Waals surface area (Å²) in [5.41, 5.74) is 1.21. The number of urea groups is 1. The average Bonchev–Trinajstić information content (AvgIpc) is 2.97. The predicted octanol–water partition coefficient (Wildman–Crippen LogP) is 3.22. The second-order valence-corrected chi connectivity index (χ2v) is 5.74. The zero-order valence-corrected chi connectivity index (χ0v) is 13.7. The van der Waals surface area contributed by atoms with Crippen molar-refractivity contribution in [3.63, 3.8) is 0 Å². The fraction of sp³-hybridized carbons (Fsp3) is 0.222. The van der Waals surface area contributed by atoms with Crippen molar-refractivity contribution < 1.29 is 23.1 Å². The summed E-state index contributed by atoms with van der Waals surface area (Å²) in [6.07, 6.45) is 0.212. The maximum absolute atomic E-state index is 12.1. The summed E-state index contributed by atoms with van der Waals surface area (Å²) in [5, 5.41) is 5.34. The molecule has 0 spiro atoms. The number of carbonyl (C=O) groups excluding carboxylic acids is 2. The van der Waals surface area contributed by atoms with E-state index in [1.54, 1.807) is 4.90 Å². The molecule has 1 saturated heterocycles. The molecule has 0 radical (unpaired) electrons. The molecule has 1 aliphatic rings. The lowest BCUT2D eigenvalue weighted by Gasteiger charge is -2.17. The molecule has 0 aliphatic carbocycles. The summed E-state index contributed by atoms with van der Waals surface area (Å²) >= 11 is 0. The Morgan fingerprint density at radius 2 is 1.81 bits per heavy atom. The van der Waals surface area contributed by atoms with E-state index in [1.165, 1.54) is 24.3 Å². The van der Waals surface area contributed by atoms with E-state index in [2.05, 4.69) is 15.4 Å². The van der Waals surface area contributed by atoms with E-state index in [0.717, 1.165) is 5.69 Å². The molecular formula is C18H17F2N3O3. The SMILES string of the molecule is O=C(Nc1ccc(OC(F)F)cc1)NC1CC(=O)N(c2ccccc2)C1. The van der Waals surface area contributed by atoms with Crippen molar-refractivity contribution in [2.45, 2.75) is 19.1 Å². The number of nitrogens with zero attached hydrogens (tertiary/aromatic N) is 1. The number of benzene rings is 2. The van der Waals surface area contributed by atoms with Gasteiger partial charge in [-0.2, -0.15) is 8.78 Å². The van der Waals surface area contributed by atoms with Crippen molar-refractivity contribution in [3.8, 4) is 5.75 Å². The molecule has 0 bridgehead atoms. The van der Waals surface area contributed by atoms with Crippen LogP contribution in [0.4, 0.5) is 25.0 Å². The number of amides is 3. The van der Waals surface area contributed by atoms with Gasteiger partial charge in [0.1, 0.15) is 5.75 Å². The molecule has 26 heavy (non-hydrogen) atoms.